The number of aromatic nitrogens is 1. The highest BCUT2D eigenvalue weighted by molar-refractivity contribution is 7.21. The van der Waals surface area contributed by atoms with Gasteiger partial charge in [-0.3, -0.25) is 9.69 Å². The molecule has 5 nitrogen and oxygen atoms in total. The number of aromatic hydroxyl groups is 1. The summed E-state index contributed by atoms with van der Waals surface area (Å²) in [4.78, 5) is 20.2. The van der Waals surface area contributed by atoms with E-state index in [0.29, 0.717) is 33.6 Å². The summed E-state index contributed by atoms with van der Waals surface area (Å²) in [5.41, 5.74) is 3.55. The minimum absolute atomic E-state index is 0.108. The number of piperidine rings is 1. The Hall–Kier alpha value is -2.70. The van der Waals surface area contributed by atoms with E-state index in [1.165, 1.54) is 24.0 Å². The molecule has 148 valence electrons. The molecule has 1 N–H and O–H groups in total. The average molecular weight is 407 g/mol. The number of rotatable bonds is 3. The van der Waals surface area contributed by atoms with Crippen LogP contribution in [-0.2, 0) is 6.54 Å². The third-order valence-electron chi connectivity index (χ3n) is 5.69. The first-order valence-corrected chi connectivity index (χ1v) is 10.8. The van der Waals surface area contributed by atoms with E-state index in [4.69, 9.17) is 4.42 Å². The van der Waals surface area contributed by atoms with E-state index in [0.717, 1.165) is 41.7 Å². The van der Waals surface area contributed by atoms with Gasteiger partial charge in [0.1, 0.15) is 22.6 Å². The SMILES string of the molecule is Cc1cccc2nc(-c3coc4c(CN5CCCCC5)c(O)ccc4c3=O)sc12. The Labute approximate surface area is 172 Å². The minimum Gasteiger partial charge on any atom is -0.507 e. The number of hydrogen-bond donors (Lipinski definition) is 1. The quantitative estimate of drug-likeness (QED) is 0.514. The van der Waals surface area contributed by atoms with Crippen molar-refractivity contribution in [3.8, 4) is 16.3 Å². The lowest BCUT2D eigenvalue weighted by molar-refractivity contribution is 0.218. The van der Waals surface area contributed by atoms with E-state index in [1.54, 1.807) is 12.1 Å². The van der Waals surface area contributed by atoms with Crippen LogP contribution in [0.2, 0.25) is 0 Å². The molecule has 6 heteroatoms. The number of aryl methyl sites for hydroxylation is 1. The molecule has 0 radical (unpaired) electrons. The van der Waals surface area contributed by atoms with Crippen molar-refractivity contribution in [2.24, 2.45) is 0 Å². The Morgan fingerprint density at radius 1 is 1.17 bits per heavy atom. The van der Waals surface area contributed by atoms with Crippen molar-refractivity contribution in [3.05, 3.63) is 57.9 Å². The molecule has 2 aromatic carbocycles. The molecule has 0 atom stereocenters. The van der Waals surface area contributed by atoms with Crippen LogP contribution in [-0.4, -0.2) is 28.1 Å². The Balaban J connectivity index is 1.62. The Kier molecular flexibility index (Phi) is 4.60. The molecule has 4 aromatic rings. The van der Waals surface area contributed by atoms with Crippen LogP contribution in [0.3, 0.4) is 0 Å². The van der Waals surface area contributed by atoms with E-state index in [-0.39, 0.29) is 11.2 Å². The van der Waals surface area contributed by atoms with Gasteiger partial charge in [0.25, 0.3) is 0 Å². The van der Waals surface area contributed by atoms with Crippen molar-refractivity contribution in [1.29, 1.82) is 0 Å². The molecular weight excluding hydrogens is 384 g/mol. The van der Waals surface area contributed by atoms with Gasteiger partial charge < -0.3 is 9.52 Å². The van der Waals surface area contributed by atoms with Crippen molar-refractivity contribution in [2.75, 3.05) is 13.1 Å². The first-order chi connectivity index (χ1) is 14.1. The largest absolute Gasteiger partial charge is 0.507 e. The molecule has 0 bridgehead atoms. The number of phenols is 1. The Bertz CT molecular complexity index is 1270. The number of fused-ring (bicyclic) bond motifs is 2. The van der Waals surface area contributed by atoms with Gasteiger partial charge in [-0.25, -0.2) is 4.98 Å². The second-order valence-electron chi connectivity index (χ2n) is 7.70. The lowest BCUT2D eigenvalue weighted by atomic mass is 10.1. The third kappa shape index (κ3) is 3.22. The predicted octanol–water partition coefficient (Wildman–Crippen LogP) is 5.07. The molecule has 0 aliphatic carbocycles. The van der Waals surface area contributed by atoms with Crippen LogP contribution in [0.4, 0.5) is 0 Å². The number of likely N-dealkylation sites (tertiary alicyclic amines) is 1. The molecule has 1 fully saturated rings. The van der Waals surface area contributed by atoms with Crippen LogP contribution < -0.4 is 5.43 Å². The molecular formula is C23H22N2O3S. The van der Waals surface area contributed by atoms with Gasteiger partial charge in [-0.2, -0.15) is 0 Å². The molecule has 29 heavy (non-hydrogen) atoms. The van der Waals surface area contributed by atoms with Gasteiger partial charge in [0.05, 0.1) is 26.7 Å². The predicted molar refractivity (Wildman–Crippen MR) is 117 cm³/mol. The van der Waals surface area contributed by atoms with Gasteiger partial charge in [0, 0.05) is 6.54 Å². The van der Waals surface area contributed by atoms with E-state index >= 15 is 0 Å². The van der Waals surface area contributed by atoms with Crippen molar-refractivity contribution in [2.45, 2.75) is 32.7 Å². The summed E-state index contributed by atoms with van der Waals surface area (Å²) in [5.74, 6) is 0.176. The summed E-state index contributed by atoms with van der Waals surface area (Å²) in [5, 5.41) is 11.6. The summed E-state index contributed by atoms with van der Waals surface area (Å²) in [7, 11) is 0. The lowest BCUT2D eigenvalue weighted by Crippen LogP contribution is -2.29. The minimum atomic E-state index is -0.108. The average Bonchev–Trinajstić information content (AvgIpc) is 3.16. The highest BCUT2D eigenvalue weighted by Crippen LogP contribution is 2.33. The normalized spacial score (nSPS) is 15.3. The number of benzene rings is 2. The van der Waals surface area contributed by atoms with Gasteiger partial charge in [-0.05, 0) is 56.6 Å². The second-order valence-corrected chi connectivity index (χ2v) is 8.70. The second kappa shape index (κ2) is 7.28. The molecule has 2 aromatic heterocycles. The highest BCUT2D eigenvalue weighted by Gasteiger charge is 2.20. The van der Waals surface area contributed by atoms with Crippen molar-refractivity contribution < 1.29 is 9.52 Å². The zero-order chi connectivity index (χ0) is 20.0. The first kappa shape index (κ1) is 18.3. The summed E-state index contributed by atoms with van der Waals surface area (Å²) in [6.07, 6.45) is 5.07. The van der Waals surface area contributed by atoms with Crippen LogP contribution >= 0.6 is 11.3 Å². The van der Waals surface area contributed by atoms with Crippen molar-refractivity contribution >= 4 is 32.5 Å². The molecule has 0 spiro atoms. The first-order valence-electron chi connectivity index (χ1n) is 9.97. The molecule has 5 rings (SSSR count). The standard InChI is InChI=1S/C23H22N2O3S/c1-14-6-5-7-18-22(14)29-23(24-18)17-13-28-21-15(20(17)27)8-9-19(26)16(21)12-25-10-3-2-4-11-25/h5-9,13,26H,2-4,10-12H2,1H3. The van der Waals surface area contributed by atoms with E-state index in [2.05, 4.69) is 9.88 Å². The van der Waals surface area contributed by atoms with E-state index in [1.807, 2.05) is 25.1 Å². The van der Waals surface area contributed by atoms with Crippen LogP contribution in [0.5, 0.6) is 5.75 Å². The van der Waals surface area contributed by atoms with Crippen molar-refractivity contribution in [1.82, 2.24) is 9.88 Å². The number of thiazole rings is 1. The molecule has 1 aliphatic rings. The van der Waals surface area contributed by atoms with Crippen LogP contribution in [0.15, 0.2) is 45.8 Å². The number of hydrogen-bond acceptors (Lipinski definition) is 6. The van der Waals surface area contributed by atoms with Gasteiger partial charge in [0.2, 0.25) is 5.43 Å². The van der Waals surface area contributed by atoms with E-state index in [9.17, 15) is 9.90 Å². The monoisotopic (exact) mass is 406 g/mol. The summed E-state index contributed by atoms with van der Waals surface area (Å²) >= 11 is 1.51. The zero-order valence-electron chi connectivity index (χ0n) is 16.3. The van der Waals surface area contributed by atoms with E-state index < -0.39 is 0 Å². The van der Waals surface area contributed by atoms with Gasteiger partial charge in [0.15, 0.2) is 0 Å². The van der Waals surface area contributed by atoms with Gasteiger partial charge in [-0.1, -0.05) is 18.6 Å². The van der Waals surface area contributed by atoms with Crippen LogP contribution in [0, 0.1) is 6.92 Å². The fourth-order valence-corrected chi connectivity index (χ4v) is 5.13. The maximum Gasteiger partial charge on any atom is 0.202 e. The maximum atomic E-state index is 13.3. The molecule has 0 saturated carbocycles. The fourth-order valence-electron chi connectivity index (χ4n) is 4.09. The fraction of sp³-hybridized carbons (Fsp3) is 0.304. The summed E-state index contributed by atoms with van der Waals surface area (Å²) < 4.78 is 7.02. The summed E-state index contributed by atoms with van der Waals surface area (Å²) in [6, 6.07) is 9.23. The Morgan fingerprint density at radius 3 is 2.79 bits per heavy atom. The van der Waals surface area contributed by atoms with Crippen LogP contribution in [0.1, 0.15) is 30.4 Å². The third-order valence-corrected chi connectivity index (χ3v) is 6.93. The van der Waals surface area contributed by atoms with Gasteiger partial charge in [-0.15, -0.1) is 11.3 Å². The van der Waals surface area contributed by atoms with Crippen molar-refractivity contribution in [3.63, 3.8) is 0 Å². The molecule has 3 heterocycles. The molecule has 0 amide bonds. The maximum absolute atomic E-state index is 13.3. The molecule has 1 aliphatic heterocycles. The molecule has 1 saturated heterocycles. The van der Waals surface area contributed by atoms with Crippen LogP contribution in [0.25, 0.3) is 31.8 Å². The zero-order valence-corrected chi connectivity index (χ0v) is 17.1. The smallest absolute Gasteiger partial charge is 0.202 e. The Morgan fingerprint density at radius 2 is 2.00 bits per heavy atom. The number of nitrogens with zero attached hydrogens (tertiary/aromatic N) is 2. The van der Waals surface area contributed by atoms with Gasteiger partial charge >= 0.3 is 0 Å². The molecule has 0 unspecified atom stereocenters. The highest BCUT2D eigenvalue weighted by atomic mass is 32.1. The summed E-state index contributed by atoms with van der Waals surface area (Å²) in [6.45, 7) is 4.64. The lowest BCUT2D eigenvalue weighted by Gasteiger charge is -2.26. The topological polar surface area (TPSA) is 66.6 Å². The number of phenolic OH excluding ortho intramolecular Hbond substituents is 1.